The van der Waals surface area contributed by atoms with Crippen molar-refractivity contribution in [2.24, 2.45) is 5.92 Å². The molecule has 0 aromatic carbocycles. The van der Waals surface area contributed by atoms with Crippen molar-refractivity contribution in [1.82, 2.24) is 4.90 Å². The van der Waals surface area contributed by atoms with Crippen LogP contribution < -0.4 is 0 Å². The van der Waals surface area contributed by atoms with E-state index in [0.717, 1.165) is 12.8 Å². The molecule has 0 heterocycles. The maximum Gasteiger partial charge on any atom is 0.329 e. The molecule has 4 nitrogen and oxygen atoms in total. The highest BCUT2D eigenvalue weighted by Crippen LogP contribution is 2.43. The van der Waals surface area contributed by atoms with Crippen LogP contribution in [0.4, 0.5) is 0 Å². The number of carbonyl (C=O) groups is 2. The van der Waals surface area contributed by atoms with E-state index in [1.54, 1.807) is 6.92 Å². The van der Waals surface area contributed by atoms with E-state index in [4.69, 9.17) is 0 Å². The molecule has 0 aromatic rings. The fraction of sp³-hybridized carbons (Fsp3) is 0.800. The molecule has 1 aliphatic carbocycles. The Labute approximate surface area is 83.9 Å². The standard InChI is InChI=1S/C10H17NO3/c1-7(2)11(6-12)10(3,9(13)14)8-4-5-8/h6-8H,4-5H2,1-3H3,(H,13,14). The molecular formula is C10H17NO3. The van der Waals surface area contributed by atoms with Gasteiger partial charge >= 0.3 is 5.97 Å². The van der Waals surface area contributed by atoms with E-state index in [1.165, 1.54) is 4.90 Å². The molecule has 0 spiro atoms. The number of carboxylic acids is 1. The summed E-state index contributed by atoms with van der Waals surface area (Å²) in [4.78, 5) is 23.5. The minimum Gasteiger partial charge on any atom is -0.479 e. The van der Waals surface area contributed by atoms with Crippen molar-refractivity contribution in [2.45, 2.75) is 45.2 Å². The highest BCUT2D eigenvalue weighted by Gasteiger charge is 2.52. The Kier molecular flexibility index (Phi) is 2.83. The van der Waals surface area contributed by atoms with Crippen molar-refractivity contribution in [2.75, 3.05) is 0 Å². The molecular weight excluding hydrogens is 182 g/mol. The van der Waals surface area contributed by atoms with E-state index in [0.29, 0.717) is 6.41 Å². The Balaban J connectivity index is 2.95. The predicted octanol–water partition coefficient (Wildman–Crippen LogP) is 1.11. The zero-order chi connectivity index (χ0) is 10.9. The summed E-state index contributed by atoms with van der Waals surface area (Å²) in [7, 11) is 0. The van der Waals surface area contributed by atoms with Gasteiger partial charge in [0, 0.05) is 6.04 Å². The average molecular weight is 199 g/mol. The van der Waals surface area contributed by atoms with Crippen LogP contribution in [0.25, 0.3) is 0 Å². The molecule has 1 saturated carbocycles. The van der Waals surface area contributed by atoms with Crippen LogP contribution >= 0.6 is 0 Å². The van der Waals surface area contributed by atoms with E-state index >= 15 is 0 Å². The lowest BCUT2D eigenvalue weighted by molar-refractivity contribution is -0.157. The second-order valence-electron chi connectivity index (χ2n) is 4.33. The first-order chi connectivity index (χ1) is 6.44. The molecule has 0 radical (unpaired) electrons. The Morgan fingerprint density at radius 1 is 1.57 bits per heavy atom. The summed E-state index contributed by atoms with van der Waals surface area (Å²) in [6.45, 7) is 5.30. The quantitative estimate of drug-likeness (QED) is 0.675. The van der Waals surface area contributed by atoms with Crippen molar-refractivity contribution in [3.63, 3.8) is 0 Å². The Morgan fingerprint density at radius 2 is 2.07 bits per heavy atom. The van der Waals surface area contributed by atoms with Gasteiger partial charge in [-0.05, 0) is 39.5 Å². The lowest BCUT2D eigenvalue weighted by Gasteiger charge is -2.38. The van der Waals surface area contributed by atoms with Crippen molar-refractivity contribution >= 4 is 12.4 Å². The van der Waals surface area contributed by atoms with Gasteiger partial charge in [-0.2, -0.15) is 0 Å². The topological polar surface area (TPSA) is 57.6 Å². The molecule has 14 heavy (non-hydrogen) atoms. The third-order valence-corrected chi connectivity index (χ3v) is 3.01. The summed E-state index contributed by atoms with van der Waals surface area (Å²) in [5, 5.41) is 9.19. The maximum atomic E-state index is 11.2. The zero-order valence-electron chi connectivity index (χ0n) is 8.86. The average Bonchev–Trinajstić information content (AvgIpc) is 2.85. The number of rotatable bonds is 5. The van der Waals surface area contributed by atoms with E-state index in [1.807, 2.05) is 13.8 Å². The molecule has 1 amide bonds. The van der Waals surface area contributed by atoms with Gasteiger partial charge in [-0.1, -0.05) is 0 Å². The lowest BCUT2D eigenvalue weighted by Crippen LogP contribution is -2.56. The van der Waals surface area contributed by atoms with Crippen LogP contribution in [0.3, 0.4) is 0 Å². The van der Waals surface area contributed by atoms with Crippen molar-refractivity contribution in [3.05, 3.63) is 0 Å². The Hall–Kier alpha value is -1.06. The molecule has 0 aromatic heterocycles. The minimum absolute atomic E-state index is 0.0748. The molecule has 1 rings (SSSR count). The summed E-state index contributed by atoms with van der Waals surface area (Å²) in [5.41, 5.74) is -1.02. The van der Waals surface area contributed by atoms with Crippen LogP contribution in [-0.2, 0) is 9.59 Å². The summed E-state index contributed by atoms with van der Waals surface area (Å²) < 4.78 is 0. The van der Waals surface area contributed by atoms with E-state index in [9.17, 15) is 14.7 Å². The summed E-state index contributed by atoms with van der Waals surface area (Å²) in [6.07, 6.45) is 2.46. The molecule has 1 unspecified atom stereocenters. The van der Waals surface area contributed by atoms with Gasteiger partial charge in [-0.25, -0.2) is 4.79 Å². The SMILES string of the molecule is CC(C)N(C=O)C(C)(C(=O)O)C1CC1. The van der Waals surface area contributed by atoms with Crippen molar-refractivity contribution in [1.29, 1.82) is 0 Å². The van der Waals surface area contributed by atoms with Crippen LogP contribution in [-0.4, -0.2) is 34.0 Å². The number of nitrogens with zero attached hydrogens (tertiary/aromatic N) is 1. The zero-order valence-corrected chi connectivity index (χ0v) is 8.86. The van der Waals surface area contributed by atoms with Crippen LogP contribution in [0.1, 0.15) is 33.6 Å². The molecule has 1 N–H and O–H groups in total. The lowest BCUT2D eigenvalue weighted by atomic mass is 9.92. The largest absolute Gasteiger partial charge is 0.479 e. The molecule has 0 aliphatic heterocycles. The molecule has 1 atom stereocenters. The van der Waals surface area contributed by atoms with Gasteiger partial charge in [0.15, 0.2) is 0 Å². The molecule has 0 saturated heterocycles. The van der Waals surface area contributed by atoms with Crippen molar-refractivity contribution < 1.29 is 14.7 Å². The van der Waals surface area contributed by atoms with E-state index in [-0.39, 0.29) is 12.0 Å². The normalized spacial score (nSPS) is 20.3. The number of carbonyl (C=O) groups excluding carboxylic acids is 1. The number of hydrogen-bond acceptors (Lipinski definition) is 2. The number of aliphatic carboxylic acids is 1. The Bertz CT molecular complexity index is 248. The third kappa shape index (κ3) is 1.61. The molecule has 0 bridgehead atoms. The summed E-state index contributed by atoms with van der Waals surface area (Å²) in [5.74, 6) is -0.784. The smallest absolute Gasteiger partial charge is 0.329 e. The van der Waals surface area contributed by atoms with E-state index in [2.05, 4.69) is 0 Å². The van der Waals surface area contributed by atoms with Gasteiger partial charge in [-0.3, -0.25) is 4.79 Å². The fourth-order valence-corrected chi connectivity index (χ4v) is 1.91. The second-order valence-corrected chi connectivity index (χ2v) is 4.33. The van der Waals surface area contributed by atoms with Crippen LogP contribution in [0, 0.1) is 5.92 Å². The third-order valence-electron chi connectivity index (χ3n) is 3.01. The second kappa shape index (κ2) is 3.59. The highest BCUT2D eigenvalue weighted by molar-refractivity contribution is 5.82. The Morgan fingerprint density at radius 3 is 2.29 bits per heavy atom. The molecule has 1 fully saturated rings. The number of hydrogen-bond donors (Lipinski definition) is 1. The summed E-state index contributed by atoms with van der Waals surface area (Å²) >= 11 is 0. The first-order valence-corrected chi connectivity index (χ1v) is 4.91. The van der Waals surface area contributed by atoms with Crippen LogP contribution in [0.15, 0.2) is 0 Å². The summed E-state index contributed by atoms with van der Waals surface area (Å²) in [6, 6.07) is -0.0748. The number of carboxylic acid groups (broad SMARTS) is 1. The molecule has 4 heteroatoms. The monoisotopic (exact) mass is 199 g/mol. The van der Waals surface area contributed by atoms with Crippen LogP contribution in [0.2, 0.25) is 0 Å². The van der Waals surface area contributed by atoms with Gasteiger partial charge in [-0.15, -0.1) is 0 Å². The number of amides is 1. The first-order valence-electron chi connectivity index (χ1n) is 4.91. The van der Waals surface area contributed by atoms with Gasteiger partial charge < -0.3 is 10.0 Å². The van der Waals surface area contributed by atoms with Gasteiger partial charge in [0.05, 0.1) is 0 Å². The van der Waals surface area contributed by atoms with E-state index < -0.39 is 11.5 Å². The van der Waals surface area contributed by atoms with Gasteiger partial charge in [0.2, 0.25) is 6.41 Å². The van der Waals surface area contributed by atoms with Gasteiger partial charge in [0.25, 0.3) is 0 Å². The molecule has 80 valence electrons. The fourth-order valence-electron chi connectivity index (χ4n) is 1.91. The molecule has 1 aliphatic rings. The van der Waals surface area contributed by atoms with Gasteiger partial charge in [0.1, 0.15) is 5.54 Å². The first kappa shape index (κ1) is 11.0. The predicted molar refractivity (Wildman–Crippen MR) is 51.8 cm³/mol. The van der Waals surface area contributed by atoms with Crippen molar-refractivity contribution in [3.8, 4) is 0 Å². The highest BCUT2D eigenvalue weighted by atomic mass is 16.4. The maximum absolute atomic E-state index is 11.2. The van der Waals surface area contributed by atoms with Crippen LogP contribution in [0.5, 0.6) is 0 Å². The minimum atomic E-state index is -1.02.